The molecule has 1 unspecified atom stereocenters. The van der Waals surface area contributed by atoms with Crippen LogP contribution in [0, 0.1) is 0 Å². The van der Waals surface area contributed by atoms with Crippen LogP contribution in [0.1, 0.15) is 19.3 Å². The van der Waals surface area contributed by atoms with Crippen molar-refractivity contribution in [1.82, 2.24) is 0 Å². The summed E-state index contributed by atoms with van der Waals surface area (Å²) in [6.45, 7) is 1.34. The number of ether oxygens (including phenoxy) is 2. The van der Waals surface area contributed by atoms with Crippen LogP contribution in [0.5, 0.6) is 0 Å². The molecule has 0 saturated carbocycles. The van der Waals surface area contributed by atoms with Crippen molar-refractivity contribution in [2.45, 2.75) is 31.0 Å². The summed E-state index contributed by atoms with van der Waals surface area (Å²) >= 11 is 0. The summed E-state index contributed by atoms with van der Waals surface area (Å²) in [5.74, 6) is 0. The standard InChI is InChI=1S/C9H19NO3/c1-12-7-9(8(11)6-10)4-2-3-5-13-9/h8,11H,2-7,10H2,1H3/t8-,9?/m0/s1. The molecule has 0 radical (unpaired) electrons. The molecule has 0 aromatic rings. The zero-order valence-corrected chi connectivity index (χ0v) is 8.16. The van der Waals surface area contributed by atoms with Crippen LogP contribution in [-0.2, 0) is 9.47 Å². The van der Waals surface area contributed by atoms with Crippen LogP contribution >= 0.6 is 0 Å². The normalized spacial score (nSPS) is 31.6. The van der Waals surface area contributed by atoms with Crippen molar-refractivity contribution in [3.63, 3.8) is 0 Å². The summed E-state index contributed by atoms with van der Waals surface area (Å²) in [6, 6.07) is 0. The smallest absolute Gasteiger partial charge is 0.118 e. The third kappa shape index (κ3) is 2.40. The Morgan fingerprint density at radius 3 is 2.85 bits per heavy atom. The van der Waals surface area contributed by atoms with Gasteiger partial charge in [0, 0.05) is 20.3 Å². The van der Waals surface area contributed by atoms with Gasteiger partial charge in [-0.15, -0.1) is 0 Å². The summed E-state index contributed by atoms with van der Waals surface area (Å²) in [7, 11) is 1.61. The molecule has 0 amide bonds. The van der Waals surface area contributed by atoms with E-state index in [1.165, 1.54) is 0 Å². The summed E-state index contributed by atoms with van der Waals surface area (Å²) < 4.78 is 10.7. The molecule has 78 valence electrons. The van der Waals surface area contributed by atoms with Crippen molar-refractivity contribution in [2.75, 3.05) is 26.9 Å². The monoisotopic (exact) mass is 189 g/mol. The number of hydrogen-bond acceptors (Lipinski definition) is 4. The summed E-state index contributed by atoms with van der Waals surface area (Å²) in [5, 5.41) is 9.73. The van der Waals surface area contributed by atoms with Crippen LogP contribution in [0.4, 0.5) is 0 Å². The van der Waals surface area contributed by atoms with Crippen molar-refractivity contribution >= 4 is 0 Å². The Morgan fingerprint density at radius 2 is 2.38 bits per heavy atom. The van der Waals surface area contributed by atoms with Crippen molar-refractivity contribution in [3.05, 3.63) is 0 Å². The van der Waals surface area contributed by atoms with Gasteiger partial charge in [0.1, 0.15) is 5.60 Å². The topological polar surface area (TPSA) is 64.7 Å². The van der Waals surface area contributed by atoms with Crippen molar-refractivity contribution in [3.8, 4) is 0 Å². The Hall–Kier alpha value is -0.160. The van der Waals surface area contributed by atoms with Gasteiger partial charge in [0.2, 0.25) is 0 Å². The first-order valence-corrected chi connectivity index (χ1v) is 4.76. The molecule has 4 heteroatoms. The lowest BCUT2D eigenvalue weighted by Gasteiger charge is -2.39. The van der Waals surface area contributed by atoms with Gasteiger partial charge < -0.3 is 20.3 Å². The van der Waals surface area contributed by atoms with Crippen molar-refractivity contribution in [2.24, 2.45) is 5.73 Å². The Kier molecular flexibility index (Phi) is 4.12. The predicted molar refractivity (Wildman–Crippen MR) is 49.5 cm³/mol. The Balaban J connectivity index is 2.60. The van der Waals surface area contributed by atoms with E-state index >= 15 is 0 Å². The maximum atomic E-state index is 9.73. The van der Waals surface area contributed by atoms with E-state index in [2.05, 4.69) is 0 Å². The molecule has 13 heavy (non-hydrogen) atoms. The van der Waals surface area contributed by atoms with E-state index in [4.69, 9.17) is 15.2 Å². The van der Waals surface area contributed by atoms with E-state index in [1.54, 1.807) is 7.11 Å². The largest absolute Gasteiger partial charge is 0.389 e. The van der Waals surface area contributed by atoms with Gasteiger partial charge in [0.05, 0.1) is 12.7 Å². The fourth-order valence-corrected chi connectivity index (χ4v) is 1.81. The number of methoxy groups -OCH3 is 1. The van der Waals surface area contributed by atoms with E-state index < -0.39 is 11.7 Å². The molecular formula is C9H19NO3. The lowest BCUT2D eigenvalue weighted by Crippen LogP contribution is -2.53. The number of nitrogens with two attached hydrogens (primary N) is 1. The Morgan fingerprint density at radius 1 is 1.62 bits per heavy atom. The average molecular weight is 189 g/mol. The highest BCUT2D eigenvalue weighted by molar-refractivity contribution is 4.91. The molecule has 1 saturated heterocycles. The highest BCUT2D eigenvalue weighted by Crippen LogP contribution is 2.28. The molecule has 1 rings (SSSR count). The highest BCUT2D eigenvalue weighted by Gasteiger charge is 2.39. The van der Waals surface area contributed by atoms with Gasteiger partial charge in [-0.1, -0.05) is 0 Å². The second-order valence-electron chi connectivity index (χ2n) is 3.55. The minimum atomic E-state index is -0.618. The molecule has 0 aromatic heterocycles. The van der Waals surface area contributed by atoms with Gasteiger partial charge in [-0.2, -0.15) is 0 Å². The number of hydrogen-bond donors (Lipinski definition) is 2. The summed E-state index contributed by atoms with van der Waals surface area (Å²) in [6.07, 6.45) is 2.34. The van der Waals surface area contributed by atoms with Crippen LogP contribution in [0.25, 0.3) is 0 Å². The first-order valence-electron chi connectivity index (χ1n) is 4.76. The molecule has 1 aliphatic rings. The van der Waals surface area contributed by atoms with E-state index in [0.717, 1.165) is 19.3 Å². The second kappa shape index (κ2) is 4.91. The van der Waals surface area contributed by atoms with Gasteiger partial charge in [-0.3, -0.25) is 0 Å². The Labute approximate surface area is 79.0 Å². The quantitative estimate of drug-likeness (QED) is 0.647. The molecule has 0 spiro atoms. The zero-order valence-electron chi connectivity index (χ0n) is 8.16. The van der Waals surface area contributed by atoms with Gasteiger partial charge >= 0.3 is 0 Å². The lowest BCUT2D eigenvalue weighted by molar-refractivity contribution is -0.171. The minimum Gasteiger partial charge on any atom is -0.389 e. The molecule has 1 heterocycles. The summed E-state index contributed by atoms with van der Waals surface area (Å²) in [5.41, 5.74) is 4.88. The average Bonchev–Trinajstić information content (AvgIpc) is 2.18. The van der Waals surface area contributed by atoms with E-state index in [0.29, 0.717) is 13.2 Å². The third-order valence-electron chi connectivity index (χ3n) is 2.60. The number of aliphatic hydroxyl groups excluding tert-OH is 1. The molecule has 0 bridgehead atoms. The van der Waals surface area contributed by atoms with Gasteiger partial charge in [0.15, 0.2) is 0 Å². The third-order valence-corrected chi connectivity index (χ3v) is 2.60. The summed E-state index contributed by atoms with van der Waals surface area (Å²) in [4.78, 5) is 0. The Bertz CT molecular complexity index is 140. The van der Waals surface area contributed by atoms with Crippen LogP contribution < -0.4 is 5.73 Å². The number of rotatable bonds is 4. The van der Waals surface area contributed by atoms with Gasteiger partial charge in [-0.05, 0) is 19.3 Å². The SMILES string of the molecule is COCC1([C@@H](O)CN)CCCCO1. The molecule has 3 N–H and O–H groups in total. The van der Waals surface area contributed by atoms with E-state index in [-0.39, 0.29) is 6.54 Å². The maximum Gasteiger partial charge on any atom is 0.118 e. The zero-order chi connectivity index (χ0) is 9.73. The maximum absolute atomic E-state index is 9.73. The molecule has 1 aliphatic heterocycles. The van der Waals surface area contributed by atoms with Gasteiger partial charge in [-0.25, -0.2) is 0 Å². The first kappa shape index (κ1) is 10.9. The molecule has 0 aliphatic carbocycles. The molecular weight excluding hydrogens is 170 g/mol. The molecule has 2 atom stereocenters. The minimum absolute atomic E-state index is 0.226. The molecule has 4 nitrogen and oxygen atoms in total. The lowest BCUT2D eigenvalue weighted by atomic mass is 9.89. The fraction of sp³-hybridized carbons (Fsp3) is 1.00. The van der Waals surface area contributed by atoms with Crippen LogP contribution in [-0.4, -0.2) is 43.7 Å². The second-order valence-corrected chi connectivity index (χ2v) is 3.55. The van der Waals surface area contributed by atoms with Crippen LogP contribution in [0.15, 0.2) is 0 Å². The van der Waals surface area contributed by atoms with E-state index in [1.807, 2.05) is 0 Å². The number of aliphatic hydroxyl groups is 1. The predicted octanol–water partition coefficient (Wildman–Crippen LogP) is -0.108. The van der Waals surface area contributed by atoms with Crippen LogP contribution in [0.3, 0.4) is 0 Å². The van der Waals surface area contributed by atoms with Crippen molar-refractivity contribution in [1.29, 1.82) is 0 Å². The molecule has 0 aromatic carbocycles. The van der Waals surface area contributed by atoms with E-state index in [9.17, 15) is 5.11 Å². The van der Waals surface area contributed by atoms with Crippen LogP contribution in [0.2, 0.25) is 0 Å². The first-order chi connectivity index (χ1) is 6.25. The fourth-order valence-electron chi connectivity index (χ4n) is 1.81. The highest BCUT2D eigenvalue weighted by atomic mass is 16.5. The van der Waals surface area contributed by atoms with Crippen molar-refractivity contribution < 1.29 is 14.6 Å². The van der Waals surface area contributed by atoms with Gasteiger partial charge in [0.25, 0.3) is 0 Å². The molecule has 1 fully saturated rings.